The molecule has 0 N–H and O–H groups in total. The van der Waals surface area contributed by atoms with Crippen molar-refractivity contribution in [3.8, 4) is 0 Å². The summed E-state index contributed by atoms with van der Waals surface area (Å²) in [7, 11) is 2.14. The largest absolute Gasteiger partial charge is 0.293 e. The van der Waals surface area contributed by atoms with Gasteiger partial charge in [-0.15, -0.1) is 11.8 Å². The number of hydrogen-bond donors (Lipinski definition) is 0. The summed E-state index contributed by atoms with van der Waals surface area (Å²) in [5.74, 6) is 1.09. The second-order valence-corrected chi connectivity index (χ2v) is 3.75. The van der Waals surface area contributed by atoms with E-state index in [1.54, 1.807) is 0 Å². The van der Waals surface area contributed by atoms with Crippen molar-refractivity contribution >= 4 is 11.8 Å². The highest BCUT2D eigenvalue weighted by atomic mass is 32.2. The van der Waals surface area contributed by atoms with Crippen LogP contribution in [0, 0.1) is 0 Å². The predicted molar refractivity (Wildman–Crippen MR) is 56.3 cm³/mol. The number of benzene rings is 1. The van der Waals surface area contributed by atoms with Crippen molar-refractivity contribution in [1.29, 1.82) is 0 Å². The van der Waals surface area contributed by atoms with Crippen molar-refractivity contribution in [2.45, 2.75) is 6.54 Å². The molecular weight excluding hydrogens is 166 g/mol. The highest BCUT2D eigenvalue weighted by Crippen LogP contribution is 2.04. The molecule has 1 aromatic rings. The first kappa shape index (κ1) is 9.62. The van der Waals surface area contributed by atoms with Crippen molar-refractivity contribution in [2.75, 3.05) is 19.2 Å². The fraction of sp³-hybridized carbons (Fsp3) is 0.400. The molecule has 0 radical (unpaired) electrons. The van der Waals surface area contributed by atoms with Crippen LogP contribution in [0.4, 0.5) is 0 Å². The Balaban J connectivity index is 2.41. The van der Waals surface area contributed by atoms with E-state index >= 15 is 0 Å². The maximum absolute atomic E-state index is 2.31. The van der Waals surface area contributed by atoms with E-state index in [4.69, 9.17) is 0 Å². The van der Waals surface area contributed by atoms with Gasteiger partial charge in [0.1, 0.15) is 0 Å². The van der Waals surface area contributed by atoms with Crippen LogP contribution in [0.5, 0.6) is 0 Å². The first-order valence-electron chi connectivity index (χ1n) is 4.04. The zero-order valence-electron chi connectivity index (χ0n) is 7.66. The van der Waals surface area contributed by atoms with E-state index in [-0.39, 0.29) is 0 Å². The fourth-order valence-electron chi connectivity index (χ4n) is 1.16. The Hall–Kier alpha value is -0.470. The molecule has 0 aliphatic rings. The third-order valence-corrected chi connectivity index (χ3v) is 2.34. The molecule has 0 heterocycles. The number of rotatable bonds is 4. The first-order valence-corrected chi connectivity index (χ1v) is 5.43. The van der Waals surface area contributed by atoms with Crippen LogP contribution in [-0.4, -0.2) is 24.1 Å². The molecule has 66 valence electrons. The number of thioether (sulfide) groups is 1. The van der Waals surface area contributed by atoms with Crippen molar-refractivity contribution in [1.82, 2.24) is 4.90 Å². The summed E-state index contributed by atoms with van der Waals surface area (Å²) >= 11 is 1.85. The summed E-state index contributed by atoms with van der Waals surface area (Å²) in [5.41, 5.74) is 1.38. The van der Waals surface area contributed by atoms with Crippen molar-refractivity contribution < 1.29 is 0 Å². The van der Waals surface area contributed by atoms with Gasteiger partial charge in [-0.3, -0.25) is 4.90 Å². The van der Waals surface area contributed by atoms with Crippen LogP contribution in [0.2, 0.25) is 0 Å². The molecule has 0 saturated carbocycles. The summed E-state index contributed by atoms with van der Waals surface area (Å²) in [6, 6.07) is 10.6. The van der Waals surface area contributed by atoms with E-state index < -0.39 is 0 Å². The van der Waals surface area contributed by atoms with Gasteiger partial charge in [-0.1, -0.05) is 30.3 Å². The summed E-state index contributed by atoms with van der Waals surface area (Å²) in [4.78, 5) is 2.31. The lowest BCUT2D eigenvalue weighted by Gasteiger charge is -2.14. The zero-order valence-corrected chi connectivity index (χ0v) is 8.47. The smallest absolute Gasteiger partial charge is 0.0441 e. The van der Waals surface area contributed by atoms with Gasteiger partial charge in [0.15, 0.2) is 0 Å². The maximum atomic E-state index is 2.31. The van der Waals surface area contributed by atoms with E-state index in [0.717, 1.165) is 12.4 Å². The third-order valence-electron chi connectivity index (χ3n) is 1.64. The monoisotopic (exact) mass is 181 g/mol. The van der Waals surface area contributed by atoms with E-state index in [1.807, 2.05) is 11.8 Å². The Morgan fingerprint density at radius 2 is 1.92 bits per heavy atom. The molecule has 0 bridgehead atoms. The van der Waals surface area contributed by atoms with Crippen LogP contribution in [0.1, 0.15) is 5.56 Å². The summed E-state index contributed by atoms with van der Waals surface area (Å²) in [5, 5.41) is 0. The summed E-state index contributed by atoms with van der Waals surface area (Å²) < 4.78 is 0. The van der Waals surface area contributed by atoms with Gasteiger partial charge in [0.05, 0.1) is 0 Å². The van der Waals surface area contributed by atoms with Gasteiger partial charge >= 0.3 is 0 Å². The molecule has 0 aliphatic heterocycles. The molecule has 0 atom stereocenters. The van der Waals surface area contributed by atoms with Crippen LogP contribution in [0.25, 0.3) is 0 Å². The van der Waals surface area contributed by atoms with Crippen molar-refractivity contribution in [3.05, 3.63) is 35.9 Å². The lowest BCUT2D eigenvalue weighted by molar-refractivity contribution is 0.386. The number of hydrogen-bond acceptors (Lipinski definition) is 2. The molecule has 0 spiro atoms. The van der Waals surface area contributed by atoms with Crippen molar-refractivity contribution in [3.63, 3.8) is 0 Å². The lowest BCUT2D eigenvalue weighted by Crippen LogP contribution is -2.16. The minimum atomic E-state index is 1.04. The van der Waals surface area contributed by atoms with Crippen LogP contribution < -0.4 is 0 Å². The van der Waals surface area contributed by atoms with E-state index in [9.17, 15) is 0 Å². The molecule has 0 saturated heterocycles. The molecule has 1 aromatic carbocycles. The second-order valence-electron chi connectivity index (χ2n) is 2.92. The summed E-state index contributed by atoms with van der Waals surface area (Å²) in [6.07, 6.45) is 2.13. The lowest BCUT2D eigenvalue weighted by atomic mass is 10.2. The predicted octanol–water partition coefficient (Wildman–Crippen LogP) is 2.44. The van der Waals surface area contributed by atoms with E-state index in [1.165, 1.54) is 5.56 Å². The van der Waals surface area contributed by atoms with Crippen LogP contribution in [0.3, 0.4) is 0 Å². The van der Waals surface area contributed by atoms with Gasteiger partial charge in [-0.2, -0.15) is 0 Å². The molecule has 12 heavy (non-hydrogen) atoms. The molecule has 0 aromatic heterocycles. The Morgan fingerprint density at radius 1 is 1.25 bits per heavy atom. The molecule has 0 unspecified atom stereocenters. The third kappa shape index (κ3) is 3.28. The Labute approximate surface area is 78.8 Å². The molecule has 0 aliphatic carbocycles. The standard InChI is InChI=1S/C10H15NS/c1-11(9-12-2)8-10-6-4-3-5-7-10/h3-7H,8-9H2,1-2H3. The zero-order chi connectivity index (χ0) is 8.81. The summed E-state index contributed by atoms with van der Waals surface area (Å²) in [6.45, 7) is 1.04. The van der Waals surface area contributed by atoms with Crippen LogP contribution in [0.15, 0.2) is 30.3 Å². The highest BCUT2D eigenvalue weighted by molar-refractivity contribution is 7.98. The minimum Gasteiger partial charge on any atom is -0.293 e. The van der Waals surface area contributed by atoms with E-state index in [2.05, 4.69) is 48.5 Å². The van der Waals surface area contributed by atoms with Gasteiger partial charge in [-0.05, 0) is 18.9 Å². The van der Waals surface area contributed by atoms with Gasteiger partial charge in [-0.25, -0.2) is 0 Å². The Bertz CT molecular complexity index is 210. The normalized spacial score (nSPS) is 10.6. The first-order chi connectivity index (χ1) is 5.83. The Morgan fingerprint density at radius 3 is 2.50 bits per heavy atom. The highest BCUT2D eigenvalue weighted by Gasteiger charge is 1.96. The quantitative estimate of drug-likeness (QED) is 0.656. The maximum Gasteiger partial charge on any atom is 0.0441 e. The minimum absolute atomic E-state index is 1.04. The van der Waals surface area contributed by atoms with Gasteiger partial charge < -0.3 is 0 Å². The molecular formula is C10H15NS. The SMILES string of the molecule is CSCN(C)Cc1ccccc1. The topological polar surface area (TPSA) is 3.24 Å². The Kier molecular flexibility index (Phi) is 4.19. The fourth-order valence-corrected chi connectivity index (χ4v) is 1.69. The van der Waals surface area contributed by atoms with Gasteiger partial charge in [0.2, 0.25) is 0 Å². The average molecular weight is 181 g/mol. The van der Waals surface area contributed by atoms with Crippen molar-refractivity contribution in [2.24, 2.45) is 0 Å². The molecule has 0 fully saturated rings. The van der Waals surface area contributed by atoms with Crippen LogP contribution in [-0.2, 0) is 6.54 Å². The molecule has 1 rings (SSSR count). The second kappa shape index (κ2) is 5.22. The number of nitrogens with zero attached hydrogens (tertiary/aromatic N) is 1. The molecule has 0 amide bonds. The van der Waals surface area contributed by atoms with Gasteiger partial charge in [0, 0.05) is 12.4 Å². The van der Waals surface area contributed by atoms with E-state index in [0.29, 0.717) is 0 Å². The molecule has 1 nitrogen and oxygen atoms in total. The average Bonchev–Trinajstić information content (AvgIpc) is 2.06. The van der Waals surface area contributed by atoms with Gasteiger partial charge in [0.25, 0.3) is 0 Å². The molecule has 2 heteroatoms. The van der Waals surface area contributed by atoms with Crippen LogP contribution >= 0.6 is 11.8 Å².